The molecule has 2 heterocycles. The number of nitrogens with two attached hydrogens (primary N) is 1. The molecule has 4 N–H and O–H groups in total. The molecule has 1 saturated carbocycles. The van der Waals surface area contributed by atoms with E-state index in [4.69, 9.17) is 10.5 Å². The number of hydrogen-bond acceptors (Lipinski definition) is 6. The van der Waals surface area contributed by atoms with Crippen LogP contribution in [0.25, 0.3) is 5.65 Å². The van der Waals surface area contributed by atoms with Crippen molar-refractivity contribution in [1.82, 2.24) is 19.5 Å². The average molecular weight is 363 g/mol. The van der Waals surface area contributed by atoms with E-state index < -0.39 is 34.4 Å². The maximum atomic E-state index is 12.9. The molecule has 2 aromatic heterocycles. The van der Waals surface area contributed by atoms with Crippen LogP contribution in [0.5, 0.6) is 5.88 Å². The number of carbonyl (C=O) groups is 2. The maximum Gasteiger partial charge on any atom is 0.270 e. The van der Waals surface area contributed by atoms with Crippen molar-refractivity contribution in [2.24, 2.45) is 5.73 Å². The van der Waals surface area contributed by atoms with Crippen LogP contribution >= 0.6 is 0 Å². The summed E-state index contributed by atoms with van der Waals surface area (Å²) in [6.07, 6.45) is 1.65. The van der Waals surface area contributed by atoms with E-state index in [9.17, 15) is 19.5 Å². The van der Waals surface area contributed by atoms with Crippen molar-refractivity contribution in [1.29, 1.82) is 0 Å². The standard InChI is InChI=1S/C16H21N5O5/c1-16(2,26-3)7-20-10-6-9(12(17)22)19-21(10)15(25)11(14(20)24)13(23)18-8-4-5-8/h6,8,25H,4-5,7H2,1-3H3,(H2,17,22)(H,18,23). The fourth-order valence-electron chi connectivity index (χ4n) is 2.56. The van der Waals surface area contributed by atoms with Gasteiger partial charge in [0.2, 0.25) is 5.88 Å². The Balaban J connectivity index is 2.25. The summed E-state index contributed by atoms with van der Waals surface area (Å²) in [5.74, 6) is -2.14. The van der Waals surface area contributed by atoms with E-state index in [2.05, 4.69) is 10.4 Å². The van der Waals surface area contributed by atoms with E-state index in [1.165, 1.54) is 17.7 Å². The van der Waals surface area contributed by atoms with Gasteiger partial charge in [-0.25, -0.2) is 0 Å². The zero-order chi connectivity index (χ0) is 19.2. The number of primary amides is 1. The molecule has 0 bridgehead atoms. The molecule has 10 heteroatoms. The largest absolute Gasteiger partial charge is 0.492 e. The number of hydrogen-bond donors (Lipinski definition) is 3. The lowest BCUT2D eigenvalue weighted by molar-refractivity contribution is 0.00798. The number of nitrogens with zero attached hydrogens (tertiary/aromatic N) is 3. The molecule has 3 rings (SSSR count). The third-order valence-electron chi connectivity index (χ3n) is 4.33. The smallest absolute Gasteiger partial charge is 0.270 e. The van der Waals surface area contributed by atoms with Gasteiger partial charge in [-0.2, -0.15) is 9.61 Å². The Morgan fingerprint density at radius 3 is 2.65 bits per heavy atom. The van der Waals surface area contributed by atoms with Crippen molar-refractivity contribution in [3.05, 3.63) is 27.7 Å². The summed E-state index contributed by atoms with van der Waals surface area (Å²) in [7, 11) is 1.49. The zero-order valence-corrected chi connectivity index (χ0v) is 14.8. The number of ether oxygens (including phenoxy) is 1. The minimum atomic E-state index is -0.818. The molecule has 0 spiro atoms. The van der Waals surface area contributed by atoms with Gasteiger partial charge >= 0.3 is 0 Å². The van der Waals surface area contributed by atoms with E-state index in [0.717, 1.165) is 17.4 Å². The fraction of sp³-hybridized carbons (Fsp3) is 0.500. The summed E-state index contributed by atoms with van der Waals surface area (Å²) in [6, 6.07) is 1.29. The highest BCUT2D eigenvalue weighted by atomic mass is 16.5. The zero-order valence-electron chi connectivity index (χ0n) is 14.8. The lowest BCUT2D eigenvalue weighted by atomic mass is 10.1. The highest BCUT2D eigenvalue weighted by Crippen LogP contribution is 2.23. The minimum absolute atomic E-state index is 0.000310. The van der Waals surface area contributed by atoms with Crippen LogP contribution in [0.1, 0.15) is 47.5 Å². The highest BCUT2D eigenvalue weighted by Gasteiger charge is 2.31. The van der Waals surface area contributed by atoms with E-state index in [0.29, 0.717) is 0 Å². The lowest BCUT2D eigenvalue weighted by Crippen LogP contribution is -2.40. The Hall–Kier alpha value is -2.88. The molecule has 1 aliphatic carbocycles. The van der Waals surface area contributed by atoms with E-state index >= 15 is 0 Å². The van der Waals surface area contributed by atoms with Crippen LogP contribution in [0, 0.1) is 0 Å². The van der Waals surface area contributed by atoms with Crippen molar-refractivity contribution in [3.63, 3.8) is 0 Å². The first-order chi connectivity index (χ1) is 12.1. The first-order valence-corrected chi connectivity index (χ1v) is 8.16. The summed E-state index contributed by atoms with van der Waals surface area (Å²) < 4.78 is 7.57. The number of aromatic nitrogens is 3. The van der Waals surface area contributed by atoms with Gasteiger partial charge in [-0.05, 0) is 26.7 Å². The van der Waals surface area contributed by atoms with E-state index in [1.54, 1.807) is 13.8 Å². The quantitative estimate of drug-likeness (QED) is 0.639. The van der Waals surface area contributed by atoms with Crippen LogP contribution in [0.4, 0.5) is 0 Å². The van der Waals surface area contributed by atoms with Crippen molar-refractivity contribution in [2.45, 2.75) is 44.9 Å². The van der Waals surface area contributed by atoms with Gasteiger partial charge in [0.05, 0.1) is 12.1 Å². The molecule has 0 saturated heterocycles. The Morgan fingerprint density at radius 1 is 1.46 bits per heavy atom. The van der Waals surface area contributed by atoms with Gasteiger partial charge in [0.1, 0.15) is 5.65 Å². The Kier molecular flexibility index (Phi) is 4.23. The van der Waals surface area contributed by atoms with Gasteiger partial charge in [-0.3, -0.25) is 19.0 Å². The topological polar surface area (TPSA) is 141 Å². The van der Waals surface area contributed by atoms with Crippen LogP contribution in [-0.2, 0) is 11.3 Å². The number of nitrogens with one attached hydrogen (secondary N) is 1. The molecule has 0 atom stereocenters. The van der Waals surface area contributed by atoms with Crippen molar-refractivity contribution < 1.29 is 19.4 Å². The SMILES string of the molecule is COC(C)(C)Cn1c(=O)c(C(=O)NC2CC2)c(O)n2nc(C(N)=O)cc12. The molecule has 1 aliphatic rings. The second-order valence-corrected chi connectivity index (χ2v) is 6.97. The third-order valence-corrected chi connectivity index (χ3v) is 4.33. The first kappa shape index (κ1) is 17.9. The number of methoxy groups -OCH3 is 1. The van der Waals surface area contributed by atoms with Crippen LogP contribution in [-0.4, -0.2) is 49.9 Å². The van der Waals surface area contributed by atoms with E-state index in [1.807, 2.05) is 0 Å². The van der Waals surface area contributed by atoms with E-state index in [-0.39, 0.29) is 23.9 Å². The summed E-state index contributed by atoms with van der Waals surface area (Å²) in [5.41, 5.74) is 3.37. The van der Waals surface area contributed by atoms with Crippen molar-refractivity contribution in [3.8, 4) is 5.88 Å². The molecule has 10 nitrogen and oxygen atoms in total. The fourth-order valence-corrected chi connectivity index (χ4v) is 2.56. The monoisotopic (exact) mass is 363 g/mol. The summed E-state index contributed by atoms with van der Waals surface area (Å²) in [4.78, 5) is 36.9. The van der Waals surface area contributed by atoms with Crippen LogP contribution < -0.4 is 16.6 Å². The number of fused-ring (bicyclic) bond motifs is 1. The summed E-state index contributed by atoms with van der Waals surface area (Å²) in [5, 5.41) is 17.0. The van der Waals surface area contributed by atoms with Gasteiger partial charge in [0.25, 0.3) is 17.4 Å². The molecule has 26 heavy (non-hydrogen) atoms. The number of aromatic hydroxyl groups is 1. The second-order valence-electron chi connectivity index (χ2n) is 6.97. The van der Waals surface area contributed by atoms with Gasteiger partial charge < -0.3 is 20.9 Å². The highest BCUT2D eigenvalue weighted by molar-refractivity contribution is 5.97. The molecule has 0 unspecified atom stereocenters. The van der Waals surface area contributed by atoms with Crippen LogP contribution in [0.3, 0.4) is 0 Å². The molecule has 1 fully saturated rings. The normalized spacial score (nSPS) is 14.6. The van der Waals surface area contributed by atoms with Crippen molar-refractivity contribution in [2.75, 3.05) is 7.11 Å². The molecule has 2 aromatic rings. The molecule has 0 radical (unpaired) electrons. The lowest BCUT2D eigenvalue weighted by Gasteiger charge is -2.24. The van der Waals surface area contributed by atoms with Gasteiger partial charge in [-0.1, -0.05) is 0 Å². The Bertz CT molecular complexity index is 954. The summed E-state index contributed by atoms with van der Waals surface area (Å²) >= 11 is 0. The van der Waals surface area contributed by atoms with Gasteiger partial charge in [0.15, 0.2) is 11.3 Å². The number of amides is 2. The van der Waals surface area contributed by atoms with Crippen LogP contribution in [0.15, 0.2) is 10.9 Å². The maximum absolute atomic E-state index is 12.9. The summed E-state index contributed by atoms with van der Waals surface area (Å²) in [6.45, 7) is 3.59. The molecule has 140 valence electrons. The van der Waals surface area contributed by atoms with Crippen LogP contribution in [0.2, 0.25) is 0 Å². The number of rotatable bonds is 6. The Morgan fingerprint density at radius 2 is 2.12 bits per heavy atom. The predicted molar refractivity (Wildman–Crippen MR) is 91.2 cm³/mol. The predicted octanol–water partition coefficient (Wildman–Crippen LogP) is -0.382. The molecule has 0 aliphatic heterocycles. The molecule has 0 aromatic carbocycles. The first-order valence-electron chi connectivity index (χ1n) is 8.16. The van der Waals surface area contributed by atoms with Crippen molar-refractivity contribution >= 4 is 17.5 Å². The minimum Gasteiger partial charge on any atom is -0.492 e. The average Bonchev–Trinajstić information content (AvgIpc) is 3.25. The Labute approximate surface area is 148 Å². The third kappa shape index (κ3) is 3.15. The molecular formula is C16H21N5O5. The number of carbonyl (C=O) groups excluding carboxylic acids is 2. The van der Waals surface area contributed by atoms with Gasteiger partial charge in [0, 0.05) is 19.2 Å². The molecular weight excluding hydrogens is 342 g/mol. The molecule has 2 amide bonds. The van der Waals surface area contributed by atoms with Gasteiger partial charge in [-0.15, -0.1) is 0 Å². The second kappa shape index (κ2) is 6.13.